The minimum absolute atomic E-state index is 0.139. The normalized spacial score (nSPS) is 19.8. The number of ether oxygens (including phenoxy) is 1. The van der Waals surface area contributed by atoms with Gasteiger partial charge in [-0.2, -0.15) is 5.26 Å². The Labute approximate surface area is 84.1 Å². The van der Waals surface area contributed by atoms with Gasteiger partial charge in [-0.15, -0.1) is 0 Å². The Morgan fingerprint density at radius 1 is 1.43 bits per heavy atom. The second kappa shape index (κ2) is 4.26. The summed E-state index contributed by atoms with van der Waals surface area (Å²) >= 11 is 0. The molecule has 72 valence electrons. The lowest BCUT2D eigenvalue weighted by Crippen LogP contribution is -2.12. The van der Waals surface area contributed by atoms with Crippen molar-refractivity contribution in [1.82, 2.24) is 0 Å². The molecule has 2 heteroatoms. The van der Waals surface area contributed by atoms with Gasteiger partial charge in [0.2, 0.25) is 0 Å². The molecule has 1 aliphatic rings. The SMILES string of the molecule is N#CCO[C@H]1CCCc2ccccc21. The van der Waals surface area contributed by atoms with Crippen molar-refractivity contribution >= 4 is 0 Å². The zero-order valence-corrected chi connectivity index (χ0v) is 8.07. The van der Waals surface area contributed by atoms with Crippen molar-refractivity contribution in [1.29, 1.82) is 5.26 Å². The van der Waals surface area contributed by atoms with Crippen molar-refractivity contribution < 1.29 is 4.74 Å². The fourth-order valence-corrected chi connectivity index (χ4v) is 2.02. The first-order chi connectivity index (χ1) is 6.92. The number of aryl methyl sites for hydroxylation is 1. The molecule has 2 nitrogen and oxygen atoms in total. The van der Waals surface area contributed by atoms with Crippen molar-refractivity contribution in [3.63, 3.8) is 0 Å². The third kappa shape index (κ3) is 1.78. The van der Waals surface area contributed by atoms with E-state index in [0.29, 0.717) is 0 Å². The first-order valence-electron chi connectivity index (χ1n) is 4.98. The Balaban J connectivity index is 2.18. The molecule has 0 aromatic heterocycles. The van der Waals surface area contributed by atoms with Crippen LogP contribution in [0.5, 0.6) is 0 Å². The molecular formula is C12H13NO. The third-order valence-corrected chi connectivity index (χ3v) is 2.66. The number of rotatable bonds is 2. The first kappa shape index (κ1) is 9.23. The highest BCUT2D eigenvalue weighted by atomic mass is 16.5. The van der Waals surface area contributed by atoms with Gasteiger partial charge in [-0.1, -0.05) is 24.3 Å². The average Bonchev–Trinajstić information content (AvgIpc) is 2.26. The van der Waals surface area contributed by atoms with Gasteiger partial charge in [0.25, 0.3) is 0 Å². The number of nitrogens with zero attached hydrogens (tertiary/aromatic N) is 1. The molecule has 0 fully saturated rings. The molecular weight excluding hydrogens is 174 g/mol. The standard InChI is InChI=1S/C12H13NO/c13-8-9-14-12-7-3-5-10-4-1-2-6-11(10)12/h1-2,4,6,12H,3,5,7,9H2/t12-/m0/s1. The lowest BCUT2D eigenvalue weighted by molar-refractivity contribution is 0.0636. The summed E-state index contributed by atoms with van der Waals surface area (Å²) in [6.45, 7) is 0.193. The Bertz CT molecular complexity index is 354. The van der Waals surface area contributed by atoms with E-state index in [9.17, 15) is 0 Å². The number of benzene rings is 1. The van der Waals surface area contributed by atoms with Crippen LogP contribution in [0.4, 0.5) is 0 Å². The molecule has 0 radical (unpaired) electrons. The van der Waals surface area contributed by atoms with Crippen molar-refractivity contribution in [2.45, 2.75) is 25.4 Å². The summed E-state index contributed by atoms with van der Waals surface area (Å²) < 4.78 is 5.50. The van der Waals surface area contributed by atoms with E-state index in [-0.39, 0.29) is 12.7 Å². The van der Waals surface area contributed by atoms with Crippen molar-refractivity contribution in [3.8, 4) is 6.07 Å². The van der Waals surface area contributed by atoms with Crippen LogP contribution in [0.15, 0.2) is 24.3 Å². The van der Waals surface area contributed by atoms with Gasteiger partial charge < -0.3 is 4.74 Å². The Morgan fingerprint density at radius 2 is 2.29 bits per heavy atom. The Morgan fingerprint density at radius 3 is 3.14 bits per heavy atom. The molecule has 1 aromatic rings. The zero-order valence-electron chi connectivity index (χ0n) is 8.07. The fourth-order valence-electron chi connectivity index (χ4n) is 2.02. The summed E-state index contributed by atoms with van der Waals surface area (Å²) in [6, 6.07) is 10.4. The van der Waals surface area contributed by atoms with E-state index in [2.05, 4.69) is 18.2 Å². The molecule has 0 saturated carbocycles. The maximum Gasteiger partial charge on any atom is 0.134 e. The van der Waals surface area contributed by atoms with Gasteiger partial charge in [0.15, 0.2) is 0 Å². The first-order valence-corrected chi connectivity index (χ1v) is 4.98. The highest BCUT2D eigenvalue weighted by molar-refractivity contribution is 5.31. The summed E-state index contributed by atoms with van der Waals surface area (Å²) in [4.78, 5) is 0. The molecule has 0 aliphatic heterocycles. The summed E-state index contributed by atoms with van der Waals surface area (Å²) in [7, 11) is 0. The van der Waals surface area contributed by atoms with E-state index in [1.807, 2.05) is 12.1 Å². The average molecular weight is 187 g/mol. The predicted molar refractivity (Wildman–Crippen MR) is 53.7 cm³/mol. The highest BCUT2D eigenvalue weighted by Gasteiger charge is 2.19. The van der Waals surface area contributed by atoms with E-state index in [1.165, 1.54) is 11.1 Å². The number of fused-ring (bicyclic) bond motifs is 1. The van der Waals surface area contributed by atoms with Gasteiger partial charge in [-0.05, 0) is 30.4 Å². The van der Waals surface area contributed by atoms with Gasteiger partial charge in [0.1, 0.15) is 6.61 Å². The number of hydrogen-bond acceptors (Lipinski definition) is 2. The topological polar surface area (TPSA) is 33.0 Å². The number of nitriles is 1. The Kier molecular flexibility index (Phi) is 2.81. The zero-order chi connectivity index (χ0) is 9.80. The molecule has 1 aromatic carbocycles. The number of hydrogen-bond donors (Lipinski definition) is 0. The summed E-state index contributed by atoms with van der Waals surface area (Å²) in [5.41, 5.74) is 2.65. The van der Waals surface area contributed by atoms with Gasteiger partial charge in [0.05, 0.1) is 12.2 Å². The van der Waals surface area contributed by atoms with Crippen LogP contribution in [0, 0.1) is 11.3 Å². The maximum absolute atomic E-state index is 8.47. The van der Waals surface area contributed by atoms with Crippen LogP contribution in [0.1, 0.15) is 30.1 Å². The summed E-state index contributed by atoms with van der Waals surface area (Å²) in [5, 5.41) is 8.47. The Hall–Kier alpha value is -1.33. The maximum atomic E-state index is 8.47. The molecule has 0 saturated heterocycles. The molecule has 0 amide bonds. The highest BCUT2D eigenvalue weighted by Crippen LogP contribution is 2.31. The largest absolute Gasteiger partial charge is 0.359 e. The minimum Gasteiger partial charge on any atom is -0.359 e. The molecule has 2 rings (SSSR count). The lowest BCUT2D eigenvalue weighted by atomic mass is 9.89. The lowest BCUT2D eigenvalue weighted by Gasteiger charge is -2.24. The molecule has 0 bridgehead atoms. The quantitative estimate of drug-likeness (QED) is 0.713. The summed E-state index contributed by atoms with van der Waals surface area (Å²) in [6.07, 6.45) is 3.48. The van der Waals surface area contributed by atoms with Crippen LogP contribution in [0.25, 0.3) is 0 Å². The smallest absolute Gasteiger partial charge is 0.134 e. The molecule has 1 aliphatic carbocycles. The monoisotopic (exact) mass is 187 g/mol. The van der Waals surface area contributed by atoms with Crippen LogP contribution < -0.4 is 0 Å². The predicted octanol–water partition coefficient (Wildman–Crippen LogP) is 2.60. The van der Waals surface area contributed by atoms with E-state index in [4.69, 9.17) is 10.00 Å². The van der Waals surface area contributed by atoms with Crippen LogP contribution >= 0.6 is 0 Å². The third-order valence-electron chi connectivity index (χ3n) is 2.66. The van der Waals surface area contributed by atoms with E-state index in [0.717, 1.165) is 19.3 Å². The van der Waals surface area contributed by atoms with E-state index in [1.54, 1.807) is 0 Å². The second-order valence-electron chi connectivity index (χ2n) is 3.55. The van der Waals surface area contributed by atoms with Gasteiger partial charge in [0, 0.05) is 0 Å². The van der Waals surface area contributed by atoms with Crippen LogP contribution in [-0.2, 0) is 11.2 Å². The van der Waals surface area contributed by atoms with Gasteiger partial charge in [-0.25, -0.2) is 0 Å². The second-order valence-corrected chi connectivity index (χ2v) is 3.55. The van der Waals surface area contributed by atoms with Gasteiger partial charge >= 0.3 is 0 Å². The fraction of sp³-hybridized carbons (Fsp3) is 0.417. The van der Waals surface area contributed by atoms with Crippen LogP contribution in [-0.4, -0.2) is 6.61 Å². The van der Waals surface area contributed by atoms with Crippen molar-refractivity contribution in [2.75, 3.05) is 6.61 Å². The van der Waals surface area contributed by atoms with Crippen LogP contribution in [0.2, 0.25) is 0 Å². The van der Waals surface area contributed by atoms with E-state index >= 15 is 0 Å². The molecule has 0 N–H and O–H groups in total. The van der Waals surface area contributed by atoms with Crippen molar-refractivity contribution in [3.05, 3.63) is 35.4 Å². The molecule has 0 unspecified atom stereocenters. The van der Waals surface area contributed by atoms with Crippen molar-refractivity contribution in [2.24, 2.45) is 0 Å². The molecule has 0 spiro atoms. The molecule has 1 atom stereocenters. The van der Waals surface area contributed by atoms with Crippen LogP contribution in [0.3, 0.4) is 0 Å². The van der Waals surface area contributed by atoms with Gasteiger partial charge in [-0.3, -0.25) is 0 Å². The van der Waals surface area contributed by atoms with E-state index < -0.39 is 0 Å². The molecule has 0 heterocycles. The minimum atomic E-state index is 0.139. The molecule has 14 heavy (non-hydrogen) atoms. The summed E-state index contributed by atoms with van der Waals surface area (Å²) in [5.74, 6) is 0.